The fourth-order valence-electron chi connectivity index (χ4n) is 5.34. The monoisotopic (exact) mass is 613 g/mol. The van der Waals surface area contributed by atoms with Crippen LogP contribution >= 0.6 is 0 Å². The van der Waals surface area contributed by atoms with Crippen molar-refractivity contribution in [3.05, 3.63) is 60.8 Å². The molecule has 1 amide bonds. The highest BCUT2D eigenvalue weighted by atomic mass is 16.3. The normalized spacial score (nSPS) is 19.2. The van der Waals surface area contributed by atoms with Crippen molar-refractivity contribution < 1.29 is 24.9 Å². The molecular weight excluding hydrogens is 550 g/mol. The molecule has 0 fully saturated rings. The summed E-state index contributed by atoms with van der Waals surface area (Å²) in [6.45, 7) is 4.02. The van der Waals surface area contributed by atoms with Crippen molar-refractivity contribution in [2.24, 2.45) is 11.8 Å². The maximum Gasteiger partial charge on any atom is 0.220 e. The van der Waals surface area contributed by atoms with E-state index in [9.17, 15) is 24.9 Å². The number of unbranched alkanes of at least 4 members (excludes halogenated alkanes) is 11. The predicted octanol–water partition coefficient (Wildman–Crippen LogP) is 7.84. The van der Waals surface area contributed by atoms with Crippen LogP contribution in [0.3, 0.4) is 0 Å². The molecule has 0 aromatic carbocycles. The van der Waals surface area contributed by atoms with Crippen LogP contribution < -0.4 is 5.32 Å². The molecule has 6 heteroatoms. The zero-order valence-corrected chi connectivity index (χ0v) is 27.8. The maximum atomic E-state index is 12.4. The molecular formula is C38H63NO5. The van der Waals surface area contributed by atoms with Gasteiger partial charge in [-0.05, 0) is 69.8 Å². The summed E-state index contributed by atoms with van der Waals surface area (Å²) in [5, 5.41) is 33.0. The molecule has 4 N–H and O–H groups in total. The average Bonchev–Trinajstić information content (AvgIpc) is 3.37. The highest BCUT2D eigenvalue weighted by molar-refractivity contribution is 5.95. The van der Waals surface area contributed by atoms with E-state index in [1.807, 2.05) is 24.3 Å². The molecule has 0 aliphatic heterocycles. The Morgan fingerprint density at radius 2 is 1.48 bits per heavy atom. The molecule has 0 radical (unpaired) electrons. The van der Waals surface area contributed by atoms with E-state index >= 15 is 0 Å². The van der Waals surface area contributed by atoms with Gasteiger partial charge in [0, 0.05) is 12.3 Å². The van der Waals surface area contributed by atoms with Crippen LogP contribution in [0.1, 0.15) is 129 Å². The fraction of sp³-hybridized carbons (Fsp3) is 0.684. The molecule has 0 heterocycles. The summed E-state index contributed by atoms with van der Waals surface area (Å²) in [6.07, 6.45) is 36.3. The van der Waals surface area contributed by atoms with Gasteiger partial charge in [-0.3, -0.25) is 9.59 Å². The standard InChI is InChI=1S/C38H63NO5/c1-3-5-7-8-9-10-11-12-13-14-15-16-21-25-37(43)35(31-40)39-38(44)26-22-18-17-20-23-32-27-30-36(42)34(32)29-28-33(41)24-19-6-4-2/h7-8,17,20-21,25,27-30,32-35,37,40-41,43H,3-6,9-16,18-19,22-24,26,31H2,1-2H3,(H,39,44)/b8-7-,20-17-,25-21+,29-28+/t32-,33-,34+,35-,37+/m0/s1. The lowest BCUT2D eigenvalue weighted by molar-refractivity contribution is -0.123. The zero-order valence-electron chi connectivity index (χ0n) is 27.8. The van der Waals surface area contributed by atoms with E-state index in [-0.39, 0.29) is 30.1 Å². The van der Waals surface area contributed by atoms with Gasteiger partial charge in [0.15, 0.2) is 5.78 Å². The number of allylic oxidation sites excluding steroid dienone is 8. The largest absolute Gasteiger partial charge is 0.394 e. The van der Waals surface area contributed by atoms with Gasteiger partial charge in [-0.1, -0.05) is 120 Å². The van der Waals surface area contributed by atoms with E-state index in [1.165, 1.54) is 51.4 Å². The number of hydrogen-bond donors (Lipinski definition) is 4. The van der Waals surface area contributed by atoms with E-state index in [4.69, 9.17) is 0 Å². The Morgan fingerprint density at radius 3 is 2.18 bits per heavy atom. The molecule has 6 nitrogen and oxygen atoms in total. The van der Waals surface area contributed by atoms with Crippen molar-refractivity contribution in [3.8, 4) is 0 Å². The average molecular weight is 614 g/mol. The molecule has 0 saturated heterocycles. The van der Waals surface area contributed by atoms with Crippen molar-refractivity contribution in [3.63, 3.8) is 0 Å². The smallest absolute Gasteiger partial charge is 0.220 e. The van der Waals surface area contributed by atoms with Gasteiger partial charge >= 0.3 is 0 Å². The lowest BCUT2D eigenvalue weighted by atomic mass is 9.90. The molecule has 5 atom stereocenters. The Morgan fingerprint density at radius 1 is 0.818 bits per heavy atom. The summed E-state index contributed by atoms with van der Waals surface area (Å²) >= 11 is 0. The van der Waals surface area contributed by atoms with Gasteiger partial charge in [0.25, 0.3) is 0 Å². The summed E-state index contributed by atoms with van der Waals surface area (Å²) in [5.74, 6) is -0.230. The Kier molecular flexibility index (Phi) is 24.4. The third-order valence-corrected chi connectivity index (χ3v) is 8.19. The second-order valence-electron chi connectivity index (χ2n) is 12.2. The third kappa shape index (κ3) is 19.9. The van der Waals surface area contributed by atoms with E-state index in [1.54, 1.807) is 18.2 Å². The second-order valence-corrected chi connectivity index (χ2v) is 12.2. The summed E-state index contributed by atoms with van der Waals surface area (Å²) in [5.41, 5.74) is 0. The summed E-state index contributed by atoms with van der Waals surface area (Å²) in [7, 11) is 0. The van der Waals surface area contributed by atoms with Crippen LogP contribution in [0.4, 0.5) is 0 Å². The van der Waals surface area contributed by atoms with Crippen LogP contribution in [0, 0.1) is 11.8 Å². The molecule has 0 unspecified atom stereocenters. The molecule has 1 aliphatic rings. The van der Waals surface area contributed by atoms with Crippen LogP contribution in [-0.4, -0.2) is 51.9 Å². The van der Waals surface area contributed by atoms with Crippen LogP contribution in [0.5, 0.6) is 0 Å². The minimum Gasteiger partial charge on any atom is -0.394 e. The minimum absolute atomic E-state index is 0.0832. The predicted molar refractivity (Wildman–Crippen MR) is 183 cm³/mol. The lowest BCUT2D eigenvalue weighted by Gasteiger charge is -2.19. The highest BCUT2D eigenvalue weighted by Crippen LogP contribution is 2.27. The number of aliphatic hydroxyl groups is 3. The van der Waals surface area contributed by atoms with Crippen LogP contribution in [0.25, 0.3) is 0 Å². The van der Waals surface area contributed by atoms with Crippen molar-refractivity contribution in [2.75, 3.05) is 6.61 Å². The first kappa shape index (κ1) is 39.7. The first-order chi connectivity index (χ1) is 21.4. The lowest BCUT2D eigenvalue weighted by Crippen LogP contribution is -2.45. The zero-order chi connectivity index (χ0) is 32.3. The molecule has 0 aromatic rings. The number of carbonyl (C=O) groups excluding carboxylic acids is 2. The topological polar surface area (TPSA) is 107 Å². The quantitative estimate of drug-likeness (QED) is 0.0558. The van der Waals surface area contributed by atoms with Gasteiger partial charge in [-0.15, -0.1) is 0 Å². The van der Waals surface area contributed by atoms with Crippen molar-refractivity contribution in [1.29, 1.82) is 0 Å². The second kappa shape index (κ2) is 27.1. The molecule has 44 heavy (non-hydrogen) atoms. The Balaban J connectivity index is 2.20. The summed E-state index contributed by atoms with van der Waals surface area (Å²) < 4.78 is 0. The van der Waals surface area contributed by atoms with Crippen molar-refractivity contribution in [2.45, 2.75) is 148 Å². The van der Waals surface area contributed by atoms with Gasteiger partial charge in [0.05, 0.1) is 24.9 Å². The number of ketones is 1. The molecule has 0 saturated carbocycles. The van der Waals surface area contributed by atoms with E-state index in [0.717, 1.165) is 51.4 Å². The summed E-state index contributed by atoms with van der Waals surface area (Å²) in [6, 6.07) is -0.706. The number of nitrogens with one attached hydrogen (secondary N) is 1. The Bertz CT molecular complexity index is 890. The maximum absolute atomic E-state index is 12.4. The van der Waals surface area contributed by atoms with E-state index in [2.05, 4.69) is 37.4 Å². The van der Waals surface area contributed by atoms with Gasteiger partial charge in [-0.25, -0.2) is 0 Å². The van der Waals surface area contributed by atoms with Crippen LogP contribution in [-0.2, 0) is 9.59 Å². The minimum atomic E-state index is -0.911. The van der Waals surface area contributed by atoms with Gasteiger partial charge in [-0.2, -0.15) is 0 Å². The van der Waals surface area contributed by atoms with Crippen LogP contribution in [0.2, 0.25) is 0 Å². The van der Waals surface area contributed by atoms with Gasteiger partial charge in [0.2, 0.25) is 5.91 Å². The molecule has 0 bridgehead atoms. The fourth-order valence-corrected chi connectivity index (χ4v) is 5.34. The third-order valence-electron chi connectivity index (χ3n) is 8.19. The number of amides is 1. The first-order valence-corrected chi connectivity index (χ1v) is 17.6. The number of carbonyl (C=O) groups is 2. The number of aliphatic hydroxyl groups excluding tert-OH is 3. The van der Waals surface area contributed by atoms with E-state index in [0.29, 0.717) is 12.8 Å². The van der Waals surface area contributed by atoms with Crippen LogP contribution in [0.15, 0.2) is 60.8 Å². The molecule has 250 valence electrons. The van der Waals surface area contributed by atoms with Gasteiger partial charge < -0.3 is 20.6 Å². The molecule has 0 spiro atoms. The van der Waals surface area contributed by atoms with Crippen molar-refractivity contribution >= 4 is 11.7 Å². The first-order valence-electron chi connectivity index (χ1n) is 17.6. The SMILES string of the molecule is CCC/C=C\CCCCCCCC/C=C/[C@@H](O)[C@H](CO)NC(=O)CCC/C=C\C[C@H]1C=CC(=O)[C@@H]1/C=C/[C@@H](O)CCCCC. The molecule has 1 aliphatic carbocycles. The van der Waals surface area contributed by atoms with Crippen molar-refractivity contribution in [1.82, 2.24) is 5.32 Å². The highest BCUT2D eigenvalue weighted by Gasteiger charge is 2.27. The van der Waals surface area contributed by atoms with Gasteiger partial charge in [0.1, 0.15) is 0 Å². The number of hydrogen-bond acceptors (Lipinski definition) is 5. The Labute approximate surface area is 268 Å². The molecule has 1 rings (SSSR count). The number of rotatable bonds is 27. The summed E-state index contributed by atoms with van der Waals surface area (Å²) in [4.78, 5) is 24.6. The molecule has 0 aromatic heterocycles. The Hall–Kier alpha value is -2.28. The van der Waals surface area contributed by atoms with E-state index < -0.39 is 18.2 Å².